The number of carbonyl (C=O) groups is 1. The third-order valence-corrected chi connectivity index (χ3v) is 3.75. The lowest BCUT2D eigenvalue weighted by Gasteiger charge is -2.13. The summed E-state index contributed by atoms with van der Waals surface area (Å²) in [5, 5.41) is 8.79. The Bertz CT molecular complexity index is 888. The van der Waals surface area contributed by atoms with Gasteiger partial charge in [0, 0.05) is 24.3 Å². The Morgan fingerprint density at radius 3 is 2.24 bits per heavy atom. The van der Waals surface area contributed by atoms with Crippen LogP contribution >= 0.6 is 0 Å². The van der Waals surface area contributed by atoms with Crippen molar-refractivity contribution in [1.29, 1.82) is 5.26 Å². The Kier molecular flexibility index (Phi) is 5.07. The minimum atomic E-state index is -3.08. The van der Waals surface area contributed by atoms with Crippen LogP contribution in [0.5, 0.6) is 0 Å². The van der Waals surface area contributed by atoms with Gasteiger partial charge in [-0.05, 0) is 43.2 Å². The number of nitrogens with zero attached hydrogens (tertiary/aromatic N) is 2. The van der Waals surface area contributed by atoms with Gasteiger partial charge >= 0.3 is 0 Å². The molecule has 25 heavy (non-hydrogen) atoms. The molecule has 0 saturated carbocycles. The number of nitriles is 1. The van der Waals surface area contributed by atoms with Crippen molar-refractivity contribution in [3.63, 3.8) is 0 Å². The average molecular weight is 344 g/mol. The van der Waals surface area contributed by atoms with Crippen LogP contribution in [0.1, 0.15) is 43.2 Å². The van der Waals surface area contributed by atoms with Crippen molar-refractivity contribution in [1.82, 2.24) is 4.98 Å². The van der Waals surface area contributed by atoms with Crippen LogP contribution in [0, 0.1) is 17.1 Å². The van der Waals surface area contributed by atoms with Crippen LogP contribution in [0.3, 0.4) is 0 Å². The third kappa shape index (κ3) is 3.94. The molecule has 2 aromatic rings. The molecule has 0 atom stereocenters. The molecule has 0 radical (unpaired) electrons. The average Bonchev–Trinajstić information content (AvgIpc) is 2.54. The van der Waals surface area contributed by atoms with E-state index in [2.05, 4.69) is 4.98 Å². The van der Waals surface area contributed by atoms with Gasteiger partial charge in [0.15, 0.2) is 5.78 Å². The van der Waals surface area contributed by atoms with Crippen molar-refractivity contribution in [3.05, 3.63) is 64.7 Å². The van der Waals surface area contributed by atoms with Gasteiger partial charge in [-0.3, -0.25) is 9.78 Å². The van der Waals surface area contributed by atoms with Gasteiger partial charge in [-0.25, -0.2) is 4.39 Å². The van der Waals surface area contributed by atoms with E-state index >= 15 is 0 Å². The number of alkyl halides is 2. The molecule has 0 aliphatic rings. The summed E-state index contributed by atoms with van der Waals surface area (Å²) >= 11 is 0. The van der Waals surface area contributed by atoms with Crippen molar-refractivity contribution in [3.8, 4) is 6.07 Å². The zero-order valence-electron chi connectivity index (χ0n) is 13.9. The summed E-state index contributed by atoms with van der Waals surface area (Å²) in [5.74, 6) is -4.08. The number of rotatable bonds is 4. The Morgan fingerprint density at radius 2 is 1.80 bits per heavy atom. The maximum absolute atomic E-state index is 13.8. The zero-order valence-corrected chi connectivity index (χ0v) is 13.9. The first kappa shape index (κ1) is 18.4. The van der Waals surface area contributed by atoms with Crippen LogP contribution in [0.4, 0.5) is 13.2 Å². The van der Waals surface area contributed by atoms with Crippen molar-refractivity contribution in [2.45, 2.75) is 26.7 Å². The van der Waals surface area contributed by atoms with Crippen LogP contribution in [0.2, 0.25) is 0 Å². The van der Waals surface area contributed by atoms with Crippen molar-refractivity contribution >= 4 is 16.9 Å². The molecule has 0 saturated heterocycles. The Morgan fingerprint density at radius 1 is 1.16 bits per heavy atom. The fraction of sp³-hybridized carbons (Fsp3) is 0.211. The Labute approximate surface area is 143 Å². The molecule has 0 bridgehead atoms. The van der Waals surface area contributed by atoms with Crippen LogP contribution in [0.15, 0.2) is 36.5 Å². The van der Waals surface area contributed by atoms with E-state index in [-0.39, 0.29) is 16.9 Å². The molecule has 0 N–H and O–H groups in total. The lowest BCUT2D eigenvalue weighted by molar-refractivity contribution is -0.111. The third-order valence-electron chi connectivity index (χ3n) is 3.75. The van der Waals surface area contributed by atoms with Gasteiger partial charge in [-0.2, -0.15) is 14.0 Å². The van der Waals surface area contributed by atoms with E-state index in [0.717, 1.165) is 13.0 Å². The molecule has 0 aliphatic carbocycles. The number of pyridine rings is 1. The topological polar surface area (TPSA) is 53.8 Å². The molecular weight excluding hydrogens is 329 g/mol. The summed E-state index contributed by atoms with van der Waals surface area (Å²) in [6.07, 6.45) is 1.20. The molecule has 6 heteroatoms. The summed E-state index contributed by atoms with van der Waals surface area (Å²) in [5.41, 5.74) is 1.00. The van der Waals surface area contributed by atoms with E-state index < -0.39 is 17.4 Å². The van der Waals surface area contributed by atoms with E-state index in [1.54, 1.807) is 13.0 Å². The van der Waals surface area contributed by atoms with Gasteiger partial charge < -0.3 is 0 Å². The van der Waals surface area contributed by atoms with E-state index in [0.29, 0.717) is 16.7 Å². The molecule has 0 fully saturated rings. The number of ketones is 1. The normalized spacial score (nSPS) is 12.4. The molecule has 2 rings (SSSR count). The lowest BCUT2D eigenvalue weighted by Crippen LogP contribution is -2.10. The highest BCUT2D eigenvalue weighted by atomic mass is 19.3. The van der Waals surface area contributed by atoms with E-state index in [4.69, 9.17) is 5.26 Å². The van der Waals surface area contributed by atoms with Crippen LogP contribution < -0.4 is 0 Å². The lowest BCUT2D eigenvalue weighted by atomic mass is 9.93. The number of Topliss-reactive ketones (excluding diaryl/α,β-unsaturated/α-hetero) is 1. The summed E-state index contributed by atoms with van der Waals surface area (Å²) in [7, 11) is 0. The van der Waals surface area contributed by atoms with Crippen molar-refractivity contribution in [2.75, 3.05) is 0 Å². The minimum absolute atomic E-state index is 0.0999. The molecule has 128 valence electrons. The number of hydrogen-bond donors (Lipinski definition) is 0. The SMILES string of the molecule is CC(=O)C(=C(C)c1ccc(C#N)c(F)c1)c1ccc(C(C)(F)F)nc1. The van der Waals surface area contributed by atoms with Gasteiger partial charge in [0.25, 0.3) is 5.92 Å². The van der Waals surface area contributed by atoms with Crippen LogP contribution in [-0.2, 0) is 10.7 Å². The maximum atomic E-state index is 13.8. The van der Waals surface area contributed by atoms with Crippen LogP contribution in [0.25, 0.3) is 11.1 Å². The smallest absolute Gasteiger partial charge is 0.286 e. The summed E-state index contributed by atoms with van der Waals surface area (Å²) in [6.45, 7) is 3.70. The predicted octanol–water partition coefficient (Wildman–Crippen LogP) is 4.72. The van der Waals surface area contributed by atoms with Gasteiger partial charge in [0.2, 0.25) is 0 Å². The van der Waals surface area contributed by atoms with Crippen molar-refractivity contribution in [2.24, 2.45) is 0 Å². The molecule has 0 amide bonds. The second-order valence-corrected chi connectivity index (χ2v) is 5.68. The fourth-order valence-electron chi connectivity index (χ4n) is 2.47. The van der Waals surface area contributed by atoms with E-state index in [9.17, 15) is 18.0 Å². The second kappa shape index (κ2) is 6.89. The molecule has 1 aromatic carbocycles. The molecule has 1 aromatic heterocycles. The first-order valence-corrected chi connectivity index (χ1v) is 7.41. The van der Waals surface area contributed by atoms with Gasteiger partial charge in [-0.1, -0.05) is 12.1 Å². The minimum Gasteiger partial charge on any atom is -0.294 e. The fourth-order valence-corrected chi connectivity index (χ4v) is 2.47. The molecule has 0 unspecified atom stereocenters. The standard InChI is InChI=1S/C19H15F3N2O/c1-11(13-4-5-14(9-23)16(20)8-13)18(12(2)25)15-6-7-17(24-10-15)19(3,21)22/h4-8,10H,1-3H3. The number of benzene rings is 1. The molecular formula is C19H15F3N2O. The van der Waals surface area contributed by atoms with E-state index in [1.165, 1.54) is 37.4 Å². The first-order chi connectivity index (χ1) is 11.6. The molecule has 0 spiro atoms. The second-order valence-electron chi connectivity index (χ2n) is 5.68. The van der Waals surface area contributed by atoms with Crippen molar-refractivity contribution < 1.29 is 18.0 Å². The molecule has 0 aliphatic heterocycles. The highest BCUT2D eigenvalue weighted by molar-refractivity contribution is 6.26. The van der Waals surface area contributed by atoms with Gasteiger partial charge in [0.1, 0.15) is 17.6 Å². The molecule has 3 nitrogen and oxygen atoms in total. The summed E-state index contributed by atoms with van der Waals surface area (Å²) in [4.78, 5) is 15.8. The number of aromatic nitrogens is 1. The highest BCUT2D eigenvalue weighted by Crippen LogP contribution is 2.30. The van der Waals surface area contributed by atoms with Gasteiger partial charge in [-0.15, -0.1) is 0 Å². The predicted molar refractivity (Wildman–Crippen MR) is 88.1 cm³/mol. The Hall–Kier alpha value is -2.94. The largest absolute Gasteiger partial charge is 0.294 e. The Balaban J connectivity index is 2.57. The number of carbonyl (C=O) groups excluding carboxylic acids is 1. The number of halogens is 3. The summed E-state index contributed by atoms with van der Waals surface area (Å²) < 4.78 is 40.4. The monoisotopic (exact) mass is 344 g/mol. The van der Waals surface area contributed by atoms with Gasteiger partial charge in [0.05, 0.1) is 5.56 Å². The highest BCUT2D eigenvalue weighted by Gasteiger charge is 2.26. The maximum Gasteiger partial charge on any atom is 0.286 e. The number of allylic oxidation sites excluding steroid dienone is 2. The van der Waals surface area contributed by atoms with E-state index in [1.807, 2.05) is 0 Å². The molecule has 1 heterocycles. The zero-order chi connectivity index (χ0) is 18.8. The number of hydrogen-bond acceptors (Lipinski definition) is 3. The summed E-state index contributed by atoms with van der Waals surface area (Å²) in [6, 6.07) is 8.29. The van der Waals surface area contributed by atoms with Crippen LogP contribution in [-0.4, -0.2) is 10.8 Å². The quantitative estimate of drug-likeness (QED) is 0.754. The first-order valence-electron chi connectivity index (χ1n) is 7.41.